The summed E-state index contributed by atoms with van der Waals surface area (Å²) in [5.41, 5.74) is 1.06. The third-order valence-electron chi connectivity index (χ3n) is 4.01. The van der Waals surface area contributed by atoms with Crippen molar-refractivity contribution in [2.75, 3.05) is 19.6 Å². The van der Waals surface area contributed by atoms with Crippen LogP contribution in [0.25, 0.3) is 0 Å². The van der Waals surface area contributed by atoms with Crippen LogP contribution < -0.4 is 5.32 Å². The Hall–Kier alpha value is -1.46. The molecule has 1 heterocycles. The Labute approximate surface area is 131 Å². The number of rotatable bonds is 6. The van der Waals surface area contributed by atoms with Gasteiger partial charge in [-0.1, -0.05) is 19.9 Å². The van der Waals surface area contributed by atoms with E-state index in [4.69, 9.17) is 5.11 Å². The van der Waals surface area contributed by atoms with Gasteiger partial charge in [0.15, 0.2) is 0 Å². The van der Waals surface area contributed by atoms with Crippen LogP contribution in [0.1, 0.15) is 31.4 Å². The summed E-state index contributed by atoms with van der Waals surface area (Å²) in [4.78, 5) is 14.5. The van der Waals surface area contributed by atoms with E-state index < -0.39 is 5.82 Å². The molecule has 2 N–H and O–H groups in total. The molecular formula is C17H25FN2O2. The molecule has 0 radical (unpaired) electrons. The fourth-order valence-electron chi connectivity index (χ4n) is 2.92. The predicted molar refractivity (Wildman–Crippen MR) is 83.6 cm³/mol. The number of amides is 1. The van der Waals surface area contributed by atoms with E-state index in [0.29, 0.717) is 12.5 Å². The van der Waals surface area contributed by atoms with Crippen LogP contribution in [0.5, 0.6) is 0 Å². The Bertz CT molecular complexity index is 519. The number of carbonyl (C=O) groups excluding carboxylic acids is 1. The maximum absolute atomic E-state index is 13.3. The maximum Gasteiger partial charge on any atom is 0.224 e. The van der Waals surface area contributed by atoms with Gasteiger partial charge in [-0.15, -0.1) is 0 Å². The number of likely N-dealkylation sites (tertiary alicyclic amines) is 1. The van der Waals surface area contributed by atoms with Crippen molar-refractivity contribution < 1.29 is 14.3 Å². The first-order valence-electron chi connectivity index (χ1n) is 7.87. The third kappa shape index (κ3) is 4.52. The number of halogens is 1. The Morgan fingerprint density at radius 1 is 1.50 bits per heavy atom. The fourth-order valence-corrected chi connectivity index (χ4v) is 2.92. The summed E-state index contributed by atoms with van der Waals surface area (Å²) in [5.74, 6) is 0.285. The van der Waals surface area contributed by atoms with Gasteiger partial charge in [0, 0.05) is 25.2 Å². The van der Waals surface area contributed by atoms with Crippen LogP contribution in [-0.2, 0) is 17.9 Å². The lowest BCUT2D eigenvalue weighted by molar-refractivity contribution is -0.124. The summed E-state index contributed by atoms with van der Waals surface area (Å²) < 4.78 is 13.3. The fraction of sp³-hybridized carbons (Fsp3) is 0.588. The lowest BCUT2D eigenvalue weighted by atomic mass is 10.1. The first kappa shape index (κ1) is 16.9. The third-order valence-corrected chi connectivity index (χ3v) is 4.01. The molecule has 5 heteroatoms. The highest BCUT2D eigenvalue weighted by Gasteiger charge is 2.28. The van der Waals surface area contributed by atoms with E-state index in [1.54, 1.807) is 12.1 Å². The zero-order valence-corrected chi connectivity index (χ0v) is 13.3. The second-order valence-corrected chi connectivity index (χ2v) is 6.44. The lowest BCUT2D eigenvalue weighted by Gasteiger charge is -2.18. The molecule has 0 bridgehead atoms. The van der Waals surface area contributed by atoms with Gasteiger partial charge in [0.05, 0.1) is 12.5 Å². The monoisotopic (exact) mass is 308 g/mol. The molecule has 1 unspecified atom stereocenters. The largest absolute Gasteiger partial charge is 0.392 e. The van der Waals surface area contributed by atoms with Crippen molar-refractivity contribution in [2.24, 2.45) is 11.8 Å². The first-order chi connectivity index (χ1) is 10.5. The summed E-state index contributed by atoms with van der Waals surface area (Å²) in [5, 5.41) is 12.0. The zero-order valence-electron chi connectivity index (χ0n) is 13.3. The van der Waals surface area contributed by atoms with Gasteiger partial charge in [0.2, 0.25) is 5.91 Å². The van der Waals surface area contributed by atoms with Gasteiger partial charge < -0.3 is 15.3 Å². The second kappa shape index (κ2) is 7.70. The molecule has 1 aliphatic rings. The summed E-state index contributed by atoms with van der Waals surface area (Å²) in [6, 6.07) is 4.55. The molecule has 4 nitrogen and oxygen atoms in total. The Morgan fingerprint density at radius 2 is 2.27 bits per heavy atom. The number of aliphatic hydroxyl groups excluding tert-OH is 1. The van der Waals surface area contributed by atoms with Gasteiger partial charge in [0.1, 0.15) is 5.82 Å². The number of aliphatic hydroxyl groups is 1. The molecule has 22 heavy (non-hydrogen) atoms. The predicted octanol–water partition coefficient (Wildman–Crippen LogP) is 1.91. The summed E-state index contributed by atoms with van der Waals surface area (Å²) in [6.07, 6.45) is 0.893. The minimum absolute atomic E-state index is 0.0384. The molecule has 0 spiro atoms. The molecule has 0 aromatic heterocycles. The average Bonchev–Trinajstić information content (AvgIpc) is 2.93. The van der Waals surface area contributed by atoms with Gasteiger partial charge >= 0.3 is 0 Å². The Kier molecular flexibility index (Phi) is 5.91. The molecule has 1 fully saturated rings. The SMILES string of the molecule is CC(C)CN1CCC(C(=O)NCc2ccc(F)c(CO)c2)C1. The van der Waals surface area contributed by atoms with E-state index in [0.717, 1.165) is 31.6 Å². The van der Waals surface area contributed by atoms with E-state index in [1.807, 2.05) is 0 Å². The van der Waals surface area contributed by atoms with E-state index in [2.05, 4.69) is 24.1 Å². The van der Waals surface area contributed by atoms with Crippen LogP contribution in [0.3, 0.4) is 0 Å². The number of benzene rings is 1. The van der Waals surface area contributed by atoms with Crippen molar-refractivity contribution in [3.05, 3.63) is 35.1 Å². The lowest BCUT2D eigenvalue weighted by Crippen LogP contribution is -2.33. The summed E-state index contributed by atoms with van der Waals surface area (Å²) >= 11 is 0. The normalized spacial score (nSPS) is 18.9. The van der Waals surface area contributed by atoms with Crippen molar-refractivity contribution in [1.29, 1.82) is 0 Å². The quantitative estimate of drug-likeness (QED) is 0.844. The highest BCUT2D eigenvalue weighted by atomic mass is 19.1. The van der Waals surface area contributed by atoms with Gasteiger partial charge in [-0.3, -0.25) is 4.79 Å². The van der Waals surface area contributed by atoms with Crippen LogP contribution in [0, 0.1) is 17.7 Å². The summed E-state index contributed by atoms with van der Waals surface area (Å²) in [7, 11) is 0. The smallest absolute Gasteiger partial charge is 0.224 e. The summed E-state index contributed by atoms with van der Waals surface area (Å²) in [6.45, 7) is 7.22. The van der Waals surface area contributed by atoms with Crippen molar-refractivity contribution in [3.63, 3.8) is 0 Å². The molecule has 1 aliphatic heterocycles. The van der Waals surface area contributed by atoms with E-state index in [1.165, 1.54) is 6.07 Å². The van der Waals surface area contributed by atoms with Gasteiger partial charge in [-0.2, -0.15) is 0 Å². The highest BCUT2D eigenvalue weighted by Crippen LogP contribution is 2.18. The second-order valence-electron chi connectivity index (χ2n) is 6.44. The minimum atomic E-state index is -0.419. The van der Waals surface area contributed by atoms with Crippen LogP contribution in [0.4, 0.5) is 4.39 Å². The molecule has 0 saturated carbocycles. The average molecular weight is 308 g/mol. The number of nitrogens with one attached hydrogen (secondary N) is 1. The van der Waals surface area contributed by atoms with Gasteiger partial charge in [-0.25, -0.2) is 4.39 Å². The van der Waals surface area contributed by atoms with Crippen molar-refractivity contribution in [2.45, 2.75) is 33.4 Å². The van der Waals surface area contributed by atoms with Crippen LogP contribution in [0.15, 0.2) is 18.2 Å². The van der Waals surface area contributed by atoms with Crippen molar-refractivity contribution in [1.82, 2.24) is 10.2 Å². The van der Waals surface area contributed by atoms with Crippen molar-refractivity contribution >= 4 is 5.91 Å². The molecule has 1 aromatic carbocycles. The topological polar surface area (TPSA) is 52.6 Å². The molecular weight excluding hydrogens is 283 g/mol. The molecule has 1 amide bonds. The van der Waals surface area contributed by atoms with E-state index >= 15 is 0 Å². The minimum Gasteiger partial charge on any atom is -0.392 e. The molecule has 1 aromatic rings. The van der Waals surface area contributed by atoms with Crippen molar-refractivity contribution in [3.8, 4) is 0 Å². The molecule has 1 atom stereocenters. The van der Waals surface area contributed by atoms with Crippen LogP contribution in [-0.4, -0.2) is 35.5 Å². The number of nitrogens with zero attached hydrogens (tertiary/aromatic N) is 1. The van der Waals surface area contributed by atoms with Crippen LogP contribution >= 0.6 is 0 Å². The molecule has 2 rings (SSSR count). The van der Waals surface area contributed by atoms with E-state index in [-0.39, 0.29) is 24.0 Å². The molecule has 122 valence electrons. The Balaban J connectivity index is 1.83. The zero-order chi connectivity index (χ0) is 16.1. The van der Waals surface area contributed by atoms with E-state index in [9.17, 15) is 9.18 Å². The highest BCUT2D eigenvalue weighted by molar-refractivity contribution is 5.79. The van der Waals surface area contributed by atoms with Crippen LogP contribution in [0.2, 0.25) is 0 Å². The number of hydrogen-bond donors (Lipinski definition) is 2. The van der Waals surface area contributed by atoms with Gasteiger partial charge in [-0.05, 0) is 36.6 Å². The first-order valence-corrected chi connectivity index (χ1v) is 7.87. The number of carbonyl (C=O) groups is 1. The number of hydrogen-bond acceptors (Lipinski definition) is 3. The standard InChI is InChI=1S/C17H25FN2O2/c1-12(2)9-20-6-5-14(10-20)17(22)19-8-13-3-4-16(18)15(7-13)11-21/h3-4,7,12,14,21H,5-6,8-11H2,1-2H3,(H,19,22). The molecule has 1 saturated heterocycles. The molecule has 0 aliphatic carbocycles. The maximum atomic E-state index is 13.3. The van der Waals surface area contributed by atoms with Gasteiger partial charge in [0.25, 0.3) is 0 Å². The Morgan fingerprint density at radius 3 is 2.95 bits per heavy atom.